The Morgan fingerprint density at radius 2 is 2.00 bits per heavy atom. The summed E-state index contributed by atoms with van der Waals surface area (Å²) in [5.41, 5.74) is 1.03. The molecule has 32 heavy (non-hydrogen) atoms. The van der Waals surface area contributed by atoms with Gasteiger partial charge in [0, 0.05) is 31.8 Å². The maximum absolute atomic E-state index is 6.15. The zero-order chi connectivity index (χ0) is 21.3. The molecule has 0 saturated carbocycles. The van der Waals surface area contributed by atoms with Crippen LogP contribution in [0.3, 0.4) is 0 Å². The average Bonchev–Trinajstić information content (AvgIpc) is 3.31. The Morgan fingerprint density at radius 3 is 2.72 bits per heavy atom. The van der Waals surface area contributed by atoms with Crippen LogP contribution in [0, 0.1) is 0 Å². The first-order valence-corrected chi connectivity index (χ1v) is 11.6. The number of likely N-dealkylation sites (tertiary alicyclic amines) is 1. The normalized spacial score (nSPS) is 20.1. The monoisotopic (exact) mass is 554 g/mol. The number of piperidine rings is 1. The van der Waals surface area contributed by atoms with E-state index in [1.54, 1.807) is 6.20 Å². The number of guanidine groups is 1. The van der Waals surface area contributed by atoms with Crippen molar-refractivity contribution in [3.63, 3.8) is 0 Å². The molecule has 2 aliphatic heterocycles. The second-order valence-corrected chi connectivity index (χ2v) is 8.16. The van der Waals surface area contributed by atoms with Crippen molar-refractivity contribution in [2.45, 2.75) is 57.8 Å². The summed E-state index contributed by atoms with van der Waals surface area (Å²) in [6.45, 7) is 6.82. The van der Waals surface area contributed by atoms with Gasteiger partial charge in [-0.1, -0.05) is 30.3 Å². The molecule has 4 rings (SSSR count). The number of halogens is 1. The lowest BCUT2D eigenvalue weighted by atomic mass is 10.1. The quantitative estimate of drug-likeness (QED) is 0.309. The Hall–Kier alpha value is -1.65. The van der Waals surface area contributed by atoms with Gasteiger partial charge in [0.05, 0.1) is 25.0 Å². The lowest BCUT2D eigenvalue weighted by molar-refractivity contribution is -0.0721. The number of aromatic nitrogens is 1. The minimum absolute atomic E-state index is 0. The van der Waals surface area contributed by atoms with Crippen LogP contribution in [-0.4, -0.2) is 60.9 Å². The van der Waals surface area contributed by atoms with Crippen molar-refractivity contribution in [2.24, 2.45) is 4.99 Å². The molecule has 0 amide bonds. The fraction of sp³-hybridized carbons (Fsp3) is 0.583. The standard InChI is InChI=1S/C24H34N4O3.HI/c1-2-25-24(27-17-23-26-16-22(31-23)19-8-4-3-5-9-19)28-13-11-20(12-14-28)30-18-21-10-6-7-15-29-21;/h3-5,8-9,16,20-21H,2,6-7,10-15,17-18H2,1H3,(H,25,27);1H. The molecule has 3 heterocycles. The van der Waals surface area contributed by atoms with Crippen LogP contribution in [0.25, 0.3) is 11.3 Å². The maximum atomic E-state index is 6.15. The van der Waals surface area contributed by atoms with E-state index in [-0.39, 0.29) is 30.1 Å². The van der Waals surface area contributed by atoms with Crippen LogP contribution in [0.1, 0.15) is 44.9 Å². The molecule has 1 atom stereocenters. The topological polar surface area (TPSA) is 72.1 Å². The average molecular weight is 554 g/mol. The van der Waals surface area contributed by atoms with Crippen molar-refractivity contribution in [1.29, 1.82) is 0 Å². The molecule has 176 valence electrons. The van der Waals surface area contributed by atoms with Crippen LogP contribution in [0.2, 0.25) is 0 Å². The van der Waals surface area contributed by atoms with E-state index in [2.05, 4.69) is 22.1 Å². The van der Waals surface area contributed by atoms with E-state index in [9.17, 15) is 0 Å². The van der Waals surface area contributed by atoms with Crippen LogP contribution in [0.15, 0.2) is 45.9 Å². The first-order valence-electron chi connectivity index (χ1n) is 11.6. The van der Waals surface area contributed by atoms with E-state index < -0.39 is 0 Å². The number of rotatable bonds is 7. The molecule has 1 unspecified atom stereocenters. The molecule has 2 saturated heterocycles. The van der Waals surface area contributed by atoms with Gasteiger partial charge < -0.3 is 24.1 Å². The lowest BCUT2D eigenvalue weighted by Gasteiger charge is -2.35. The highest BCUT2D eigenvalue weighted by molar-refractivity contribution is 14.0. The van der Waals surface area contributed by atoms with Gasteiger partial charge in [0.2, 0.25) is 5.89 Å². The molecule has 1 aromatic carbocycles. The Labute approximate surface area is 208 Å². The van der Waals surface area contributed by atoms with Crippen molar-refractivity contribution < 1.29 is 13.9 Å². The van der Waals surface area contributed by atoms with Gasteiger partial charge in [0.15, 0.2) is 11.7 Å². The first kappa shape index (κ1) is 25.0. The summed E-state index contributed by atoms with van der Waals surface area (Å²) >= 11 is 0. The number of oxazole rings is 1. The number of nitrogens with zero attached hydrogens (tertiary/aromatic N) is 3. The maximum Gasteiger partial charge on any atom is 0.216 e. The zero-order valence-corrected chi connectivity index (χ0v) is 21.2. The third-order valence-corrected chi connectivity index (χ3v) is 5.84. The highest BCUT2D eigenvalue weighted by Gasteiger charge is 2.24. The summed E-state index contributed by atoms with van der Waals surface area (Å²) < 4.78 is 17.8. The lowest BCUT2D eigenvalue weighted by Crippen LogP contribution is -2.47. The fourth-order valence-corrected chi connectivity index (χ4v) is 4.10. The van der Waals surface area contributed by atoms with E-state index in [0.717, 1.165) is 69.4 Å². The summed E-state index contributed by atoms with van der Waals surface area (Å²) in [7, 11) is 0. The summed E-state index contributed by atoms with van der Waals surface area (Å²) in [4.78, 5) is 11.5. The number of aliphatic imine (C=N–C) groups is 1. The number of hydrogen-bond acceptors (Lipinski definition) is 5. The molecule has 2 fully saturated rings. The predicted octanol–water partition coefficient (Wildman–Crippen LogP) is 4.48. The Bertz CT molecular complexity index is 816. The highest BCUT2D eigenvalue weighted by Crippen LogP contribution is 2.21. The number of hydrogen-bond donors (Lipinski definition) is 1. The van der Waals surface area contributed by atoms with Crippen molar-refractivity contribution in [3.05, 3.63) is 42.4 Å². The van der Waals surface area contributed by atoms with Gasteiger partial charge in [0.1, 0.15) is 6.54 Å². The number of nitrogens with one attached hydrogen (secondary N) is 1. The molecule has 0 bridgehead atoms. The molecular weight excluding hydrogens is 519 g/mol. The molecule has 8 heteroatoms. The Kier molecular flexibility index (Phi) is 10.3. The summed E-state index contributed by atoms with van der Waals surface area (Å²) in [6.07, 6.45) is 7.95. The van der Waals surface area contributed by atoms with Gasteiger partial charge in [-0.2, -0.15) is 0 Å². The van der Waals surface area contributed by atoms with Gasteiger partial charge in [-0.25, -0.2) is 9.98 Å². The minimum atomic E-state index is 0. The second-order valence-electron chi connectivity index (χ2n) is 8.16. The minimum Gasteiger partial charge on any atom is -0.439 e. The van der Waals surface area contributed by atoms with Gasteiger partial charge in [-0.3, -0.25) is 0 Å². The van der Waals surface area contributed by atoms with Crippen LogP contribution in [0.4, 0.5) is 0 Å². The summed E-state index contributed by atoms with van der Waals surface area (Å²) in [6, 6.07) is 10.0. The zero-order valence-electron chi connectivity index (χ0n) is 18.9. The molecular formula is C24H35IN4O3. The van der Waals surface area contributed by atoms with E-state index in [4.69, 9.17) is 18.9 Å². The SMILES string of the molecule is CCNC(=NCc1ncc(-c2ccccc2)o1)N1CCC(OCC2CCCCO2)CC1.I. The summed E-state index contributed by atoms with van der Waals surface area (Å²) in [5, 5.41) is 3.41. The third kappa shape index (κ3) is 7.18. The van der Waals surface area contributed by atoms with E-state index in [1.807, 2.05) is 30.3 Å². The van der Waals surface area contributed by atoms with E-state index in [0.29, 0.717) is 18.5 Å². The molecule has 0 spiro atoms. The second kappa shape index (κ2) is 13.2. The van der Waals surface area contributed by atoms with Crippen molar-refractivity contribution in [3.8, 4) is 11.3 Å². The van der Waals surface area contributed by atoms with Crippen molar-refractivity contribution in [1.82, 2.24) is 15.2 Å². The molecule has 0 radical (unpaired) electrons. The molecule has 2 aromatic rings. The van der Waals surface area contributed by atoms with Gasteiger partial charge in [0.25, 0.3) is 0 Å². The largest absolute Gasteiger partial charge is 0.439 e. The van der Waals surface area contributed by atoms with Crippen LogP contribution >= 0.6 is 24.0 Å². The van der Waals surface area contributed by atoms with E-state index >= 15 is 0 Å². The summed E-state index contributed by atoms with van der Waals surface area (Å²) in [5.74, 6) is 2.31. The first-order chi connectivity index (χ1) is 15.3. The molecule has 7 nitrogen and oxygen atoms in total. The molecule has 0 aliphatic carbocycles. The van der Waals surface area contributed by atoms with Crippen LogP contribution in [0.5, 0.6) is 0 Å². The smallest absolute Gasteiger partial charge is 0.216 e. The molecule has 2 aliphatic rings. The molecule has 1 N–H and O–H groups in total. The van der Waals surface area contributed by atoms with Gasteiger partial charge in [-0.15, -0.1) is 24.0 Å². The van der Waals surface area contributed by atoms with E-state index in [1.165, 1.54) is 12.8 Å². The number of ether oxygens (including phenoxy) is 2. The highest BCUT2D eigenvalue weighted by atomic mass is 127. The van der Waals surface area contributed by atoms with Crippen LogP contribution in [-0.2, 0) is 16.0 Å². The number of benzene rings is 1. The fourth-order valence-electron chi connectivity index (χ4n) is 4.10. The Morgan fingerprint density at radius 1 is 1.19 bits per heavy atom. The Balaban J connectivity index is 0.00000289. The third-order valence-electron chi connectivity index (χ3n) is 5.84. The van der Waals surface area contributed by atoms with Crippen LogP contribution < -0.4 is 5.32 Å². The predicted molar refractivity (Wildman–Crippen MR) is 136 cm³/mol. The van der Waals surface area contributed by atoms with Gasteiger partial charge >= 0.3 is 0 Å². The van der Waals surface area contributed by atoms with Crippen molar-refractivity contribution in [2.75, 3.05) is 32.8 Å². The molecule has 1 aromatic heterocycles. The van der Waals surface area contributed by atoms with Gasteiger partial charge in [-0.05, 0) is 39.0 Å². The van der Waals surface area contributed by atoms with Crippen molar-refractivity contribution >= 4 is 29.9 Å².